The van der Waals surface area contributed by atoms with Gasteiger partial charge in [-0.15, -0.1) is 0 Å². The maximum Gasteiger partial charge on any atom is 0.227 e. The Morgan fingerprint density at radius 3 is 2.23 bits per heavy atom. The van der Waals surface area contributed by atoms with E-state index in [2.05, 4.69) is 76.4 Å². The van der Waals surface area contributed by atoms with Crippen molar-refractivity contribution >= 4 is 34.1 Å². The van der Waals surface area contributed by atoms with Crippen LogP contribution in [-0.4, -0.2) is 38.8 Å². The summed E-state index contributed by atoms with van der Waals surface area (Å²) in [5.74, 6) is 3.86. The van der Waals surface area contributed by atoms with E-state index in [1.807, 2.05) is 12.1 Å². The highest BCUT2D eigenvalue weighted by Crippen LogP contribution is 2.45. The first-order valence-electron chi connectivity index (χ1n) is 14.1. The Labute approximate surface area is 235 Å². The molecule has 8 heteroatoms. The third-order valence-corrected chi connectivity index (χ3v) is 8.72. The van der Waals surface area contributed by atoms with Crippen molar-refractivity contribution in [2.75, 3.05) is 29.5 Å². The van der Waals surface area contributed by atoms with Crippen LogP contribution in [-0.2, 0) is 24.3 Å². The van der Waals surface area contributed by atoms with Gasteiger partial charge in [-0.2, -0.15) is 0 Å². The Morgan fingerprint density at radius 2 is 1.52 bits per heavy atom. The lowest BCUT2D eigenvalue weighted by atomic mass is 9.96. The minimum atomic E-state index is 0.264. The molecule has 40 heavy (non-hydrogen) atoms. The number of carbonyl (C=O) groups excluding carboxylic acids is 1. The molecule has 3 heterocycles. The van der Waals surface area contributed by atoms with Gasteiger partial charge in [0.2, 0.25) is 5.91 Å². The van der Waals surface area contributed by atoms with Gasteiger partial charge in [0.1, 0.15) is 23.8 Å². The largest absolute Gasteiger partial charge is 0.383 e. The molecule has 2 aliphatic rings. The Bertz CT molecular complexity index is 1580. The van der Waals surface area contributed by atoms with Crippen LogP contribution in [0.4, 0.5) is 17.5 Å². The van der Waals surface area contributed by atoms with Gasteiger partial charge in [-0.05, 0) is 102 Å². The van der Waals surface area contributed by atoms with E-state index in [9.17, 15) is 4.79 Å². The molecule has 2 unspecified atom stereocenters. The molecule has 1 saturated carbocycles. The number of pyridine rings is 1. The van der Waals surface area contributed by atoms with Gasteiger partial charge < -0.3 is 21.3 Å². The number of carbonyl (C=O) groups is 1. The van der Waals surface area contributed by atoms with E-state index in [0.29, 0.717) is 25.3 Å². The van der Waals surface area contributed by atoms with E-state index in [1.165, 1.54) is 28.7 Å². The highest BCUT2D eigenvalue weighted by molar-refractivity contribution is 5.94. The zero-order chi connectivity index (χ0) is 28.0. The Morgan fingerprint density at radius 1 is 0.875 bits per heavy atom. The summed E-state index contributed by atoms with van der Waals surface area (Å²) in [7, 11) is 0. The molecule has 2 fully saturated rings. The van der Waals surface area contributed by atoms with Crippen molar-refractivity contribution in [2.45, 2.75) is 53.6 Å². The van der Waals surface area contributed by atoms with E-state index >= 15 is 0 Å². The fourth-order valence-corrected chi connectivity index (χ4v) is 6.25. The summed E-state index contributed by atoms with van der Waals surface area (Å²) >= 11 is 0. The van der Waals surface area contributed by atoms with Gasteiger partial charge in [-0.25, -0.2) is 15.0 Å². The number of nitrogens with one attached hydrogen (secondary N) is 2. The summed E-state index contributed by atoms with van der Waals surface area (Å²) in [6.45, 7) is 11.6. The van der Waals surface area contributed by atoms with Crippen LogP contribution in [0.15, 0.2) is 42.9 Å². The second kappa shape index (κ2) is 10.4. The summed E-state index contributed by atoms with van der Waals surface area (Å²) in [6.07, 6.45) is 5.13. The minimum absolute atomic E-state index is 0.264. The molecule has 6 rings (SSSR count). The Balaban J connectivity index is 1.09. The molecular weight excluding hydrogens is 498 g/mol. The number of piperidine rings is 1. The van der Waals surface area contributed by atoms with Gasteiger partial charge in [0, 0.05) is 43.8 Å². The van der Waals surface area contributed by atoms with Crippen LogP contribution in [0.25, 0.3) is 10.8 Å². The third kappa shape index (κ3) is 5.18. The first kappa shape index (κ1) is 26.0. The molecule has 206 valence electrons. The smallest absolute Gasteiger partial charge is 0.227 e. The number of fused-ring (bicyclic) bond motifs is 2. The molecule has 4 N–H and O–H groups in total. The van der Waals surface area contributed by atoms with Crippen molar-refractivity contribution in [1.82, 2.24) is 19.9 Å². The van der Waals surface area contributed by atoms with Crippen molar-refractivity contribution in [1.29, 1.82) is 0 Å². The summed E-state index contributed by atoms with van der Waals surface area (Å²) in [5, 5.41) is 9.00. The molecule has 1 saturated heterocycles. The fraction of sp³-hybridized carbons (Fsp3) is 0.375. The molecule has 8 nitrogen and oxygen atoms in total. The lowest BCUT2D eigenvalue weighted by Crippen LogP contribution is -2.32. The van der Waals surface area contributed by atoms with Crippen LogP contribution in [0.2, 0.25) is 0 Å². The molecule has 0 spiro atoms. The van der Waals surface area contributed by atoms with Crippen LogP contribution in [0, 0.1) is 39.5 Å². The predicted molar refractivity (Wildman–Crippen MR) is 160 cm³/mol. The first-order chi connectivity index (χ1) is 19.3. The number of aromatic nitrogens is 3. The molecular formula is C32H37N7O. The summed E-state index contributed by atoms with van der Waals surface area (Å²) in [4.78, 5) is 28.0. The maximum atomic E-state index is 12.9. The van der Waals surface area contributed by atoms with Gasteiger partial charge in [0.25, 0.3) is 0 Å². The summed E-state index contributed by atoms with van der Waals surface area (Å²) < 4.78 is 0. The average Bonchev–Trinajstić information content (AvgIpc) is 3.54. The van der Waals surface area contributed by atoms with Crippen LogP contribution in [0.3, 0.4) is 0 Å². The molecule has 1 amide bonds. The zero-order valence-corrected chi connectivity index (χ0v) is 23.7. The number of likely N-dealkylation sites (tertiary alicyclic amines) is 1. The standard InChI is InChI=1S/C32H37N7O/c1-18-7-22(8-19(2)26(18)11-31(40)39-15-23-10-24(23)16-39)13-35-29-12-30(38-17-37-29)36-14-28-20(3)9-27-25(21(28)4)5-6-34-32(27)33/h5-9,12,17,23-24H,10-11,13-16H2,1-4H3,(H2,33,34)(H2,35,36,37,38). The number of amides is 1. The molecule has 0 bridgehead atoms. The summed E-state index contributed by atoms with van der Waals surface area (Å²) in [6, 6.07) is 10.4. The predicted octanol–water partition coefficient (Wildman–Crippen LogP) is 5.09. The van der Waals surface area contributed by atoms with E-state index < -0.39 is 0 Å². The molecule has 2 aromatic heterocycles. The number of hydrogen-bond acceptors (Lipinski definition) is 7. The number of anilines is 3. The number of rotatable bonds is 8. The van der Waals surface area contributed by atoms with Crippen molar-refractivity contribution in [3.8, 4) is 0 Å². The van der Waals surface area contributed by atoms with Crippen LogP contribution >= 0.6 is 0 Å². The van der Waals surface area contributed by atoms with E-state index in [1.54, 1.807) is 12.5 Å². The molecule has 1 aliphatic carbocycles. The third-order valence-electron chi connectivity index (χ3n) is 8.72. The first-order valence-corrected chi connectivity index (χ1v) is 14.1. The number of nitrogens with zero attached hydrogens (tertiary/aromatic N) is 4. The maximum absolute atomic E-state index is 12.9. The fourth-order valence-electron chi connectivity index (χ4n) is 6.25. The van der Waals surface area contributed by atoms with Gasteiger partial charge in [0.15, 0.2) is 0 Å². The van der Waals surface area contributed by atoms with E-state index in [4.69, 9.17) is 5.73 Å². The van der Waals surface area contributed by atoms with Gasteiger partial charge in [-0.1, -0.05) is 12.1 Å². The molecule has 2 atom stereocenters. The molecule has 1 aliphatic heterocycles. The van der Waals surface area contributed by atoms with Gasteiger partial charge >= 0.3 is 0 Å². The monoisotopic (exact) mass is 535 g/mol. The van der Waals surface area contributed by atoms with E-state index in [0.717, 1.165) is 64.0 Å². The lowest BCUT2D eigenvalue weighted by Gasteiger charge is -2.20. The zero-order valence-electron chi connectivity index (χ0n) is 23.7. The highest BCUT2D eigenvalue weighted by Gasteiger charge is 2.46. The van der Waals surface area contributed by atoms with Crippen molar-refractivity contribution in [3.63, 3.8) is 0 Å². The van der Waals surface area contributed by atoms with Crippen LogP contribution < -0.4 is 16.4 Å². The van der Waals surface area contributed by atoms with Crippen LogP contribution in [0.1, 0.15) is 45.4 Å². The van der Waals surface area contributed by atoms with E-state index in [-0.39, 0.29) is 5.91 Å². The second-order valence-corrected chi connectivity index (χ2v) is 11.5. The average molecular weight is 536 g/mol. The van der Waals surface area contributed by atoms with Crippen LogP contribution in [0.5, 0.6) is 0 Å². The van der Waals surface area contributed by atoms with Gasteiger partial charge in [-0.3, -0.25) is 4.79 Å². The number of benzene rings is 2. The SMILES string of the molecule is Cc1cc(CNc2cc(NCc3c(C)cc4c(N)nccc4c3C)ncn2)cc(C)c1CC(=O)N1CC2CC2C1. The van der Waals surface area contributed by atoms with Gasteiger partial charge in [0.05, 0.1) is 6.42 Å². The minimum Gasteiger partial charge on any atom is -0.383 e. The second-order valence-electron chi connectivity index (χ2n) is 11.5. The number of hydrogen-bond donors (Lipinski definition) is 3. The Hall–Kier alpha value is -4.20. The lowest BCUT2D eigenvalue weighted by molar-refractivity contribution is -0.129. The number of aryl methyl sites for hydroxylation is 4. The number of nitrogen functional groups attached to an aromatic ring is 1. The topological polar surface area (TPSA) is 109 Å². The normalized spacial score (nSPS) is 17.6. The quantitative estimate of drug-likeness (QED) is 0.288. The summed E-state index contributed by atoms with van der Waals surface area (Å²) in [5.41, 5.74) is 14.3. The molecule has 0 radical (unpaired) electrons. The van der Waals surface area contributed by atoms with Crippen molar-refractivity contribution < 1.29 is 4.79 Å². The molecule has 2 aromatic carbocycles. The van der Waals surface area contributed by atoms with Crippen molar-refractivity contribution in [3.05, 3.63) is 81.8 Å². The number of nitrogens with two attached hydrogens (primary N) is 1. The molecule has 4 aromatic rings. The highest BCUT2D eigenvalue weighted by atomic mass is 16.2. The van der Waals surface area contributed by atoms with Crippen molar-refractivity contribution in [2.24, 2.45) is 11.8 Å². The Kier molecular flexibility index (Phi) is 6.78.